The van der Waals surface area contributed by atoms with Crippen molar-refractivity contribution in [2.75, 3.05) is 11.4 Å². The highest BCUT2D eigenvalue weighted by Gasteiger charge is 2.35. The molecule has 0 bridgehead atoms. The Balaban J connectivity index is 1.41. The third kappa shape index (κ3) is 4.50. The Bertz CT molecular complexity index is 1160. The summed E-state index contributed by atoms with van der Waals surface area (Å²) >= 11 is 7.82. The van der Waals surface area contributed by atoms with Gasteiger partial charge in [0.15, 0.2) is 0 Å². The highest BCUT2D eigenvalue weighted by Crippen LogP contribution is 2.33. The van der Waals surface area contributed by atoms with Crippen molar-refractivity contribution >= 4 is 40.4 Å². The quantitative estimate of drug-likeness (QED) is 0.587. The van der Waals surface area contributed by atoms with Gasteiger partial charge in [0.2, 0.25) is 11.8 Å². The minimum absolute atomic E-state index is 0.0154. The topological polar surface area (TPSA) is 62.3 Å². The third-order valence-electron chi connectivity index (χ3n) is 5.72. The Morgan fingerprint density at radius 2 is 1.97 bits per heavy atom. The molecule has 0 radical (unpaired) electrons. The largest absolute Gasteiger partial charge is 0.351 e. The van der Waals surface area contributed by atoms with Gasteiger partial charge in [-0.05, 0) is 50.1 Å². The predicted molar refractivity (Wildman–Crippen MR) is 126 cm³/mol. The number of carbonyl (C=O) groups is 2. The fourth-order valence-electron chi connectivity index (χ4n) is 3.68. The molecule has 3 aromatic rings. The second-order valence-corrected chi connectivity index (χ2v) is 9.39. The molecular formula is C24H24ClN3O2S. The summed E-state index contributed by atoms with van der Waals surface area (Å²) < 4.78 is 0. The molecule has 2 aromatic carbocycles. The number of aryl methyl sites for hydroxylation is 3. The average molecular weight is 454 g/mol. The summed E-state index contributed by atoms with van der Waals surface area (Å²) in [6, 6.07) is 13.5. The molecule has 1 atom stereocenters. The summed E-state index contributed by atoms with van der Waals surface area (Å²) in [5.74, 6) is -0.476. The summed E-state index contributed by atoms with van der Waals surface area (Å²) in [4.78, 5) is 32.6. The number of aromatic nitrogens is 1. The van der Waals surface area contributed by atoms with Crippen LogP contribution in [0.3, 0.4) is 0 Å². The number of rotatable bonds is 5. The Kier molecular flexibility index (Phi) is 6.12. The second-order valence-electron chi connectivity index (χ2n) is 7.90. The molecule has 1 aliphatic heterocycles. The number of halogens is 1. The molecule has 1 aromatic heterocycles. The van der Waals surface area contributed by atoms with E-state index in [4.69, 9.17) is 11.6 Å². The minimum atomic E-state index is -0.356. The van der Waals surface area contributed by atoms with E-state index >= 15 is 0 Å². The van der Waals surface area contributed by atoms with Gasteiger partial charge in [-0.25, -0.2) is 4.98 Å². The van der Waals surface area contributed by atoms with Crippen molar-refractivity contribution in [2.45, 2.75) is 33.7 Å². The average Bonchev–Trinajstić information content (AvgIpc) is 3.31. The maximum Gasteiger partial charge on any atom is 0.227 e. The van der Waals surface area contributed by atoms with E-state index < -0.39 is 0 Å². The lowest BCUT2D eigenvalue weighted by Crippen LogP contribution is -2.32. The van der Waals surface area contributed by atoms with Gasteiger partial charge < -0.3 is 10.2 Å². The first-order valence-electron chi connectivity index (χ1n) is 10.2. The molecule has 1 aliphatic rings. The number of hydrogen-bond donors (Lipinski definition) is 1. The maximum atomic E-state index is 12.8. The smallest absolute Gasteiger partial charge is 0.227 e. The van der Waals surface area contributed by atoms with Crippen molar-refractivity contribution in [2.24, 2.45) is 5.92 Å². The number of benzene rings is 2. The summed E-state index contributed by atoms with van der Waals surface area (Å²) in [6.45, 7) is 6.79. The van der Waals surface area contributed by atoms with E-state index in [9.17, 15) is 9.59 Å². The molecule has 0 saturated carbocycles. The first-order valence-corrected chi connectivity index (χ1v) is 11.4. The van der Waals surface area contributed by atoms with Crippen LogP contribution in [0.4, 0.5) is 5.69 Å². The van der Waals surface area contributed by atoms with Crippen LogP contribution >= 0.6 is 22.9 Å². The van der Waals surface area contributed by atoms with Crippen LogP contribution < -0.4 is 10.2 Å². The van der Waals surface area contributed by atoms with Crippen molar-refractivity contribution in [1.29, 1.82) is 0 Å². The molecule has 1 fully saturated rings. The molecule has 160 valence electrons. The zero-order chi connectivity index (χ0) is 22.1. The number of nitrogens with one attached hydrogen (secondary N) is 1. The van der Waals surface area contributed by atoms with Crippen LogP contribution in [0.5, 0.6) is 0 Å². The summed E-state index contributed by atoms with van der Waals surface area (Å²) in [5, 5.41) is 4.49. The van der Waals surface area contributed by atoms with Gasteiger partial charge in [0.05, 0.1) is 23.2 Å². The number of anilines is 1. The number of carbonyl (C=O) groups excluding carboxylic acids is 2. The zero-order valence-corrected chi connectivity index (χ0v) is 19.3. The van der Waals surface area contributed by atoms with Gasteiger partial charge in [-0.3, -0.25) is 9.59 Å². The number of hydrogen-bond acceptors (Lipinski definition) is 4. The van der Waals surface area contributed by atoms with E-state index in [2.05, 4.69) is 10.3 Å². The molecule has 7 heteroatoms. The number of nitrogens with zero attached hydrogens (tertiary/aromatic N) is 2. The van der Waals surface area contributed by atoms with Gasteiger partial charge in [0, 0.05) is 29.1 Å². The van der Waals surface area contributed by atoms with E-state index in [0.29, 0.717) is 18.1 Å². The third-order valence-corrected chi connectivity index (χ3v) is 7.24. The van der Waals surface area contributed by atoms with E-state index in [-0.39, 0.29) is 24.2 Å². The molecular weight excluding hydrogens is 430 g/mol. The lowest BCUT2D eigenvalue weighted by Gasteiger charge is -2.18. The van der Waals surface area contributed by atoms with Gasteiger partial charge in [-0.15, -0.1) is 11.3 Å². The SMILES string of the molecule is Cc1ccc(N2CC(C(=O)NCc3sc(-c4ccccc4Cl)nc3C)CC2=O)cc1C. The van der Waals surface area contributed by atoms with Crippen molar-refractivity contribution in [1.82, 2.24) is 10.3 Å². The number of amides is 2. The maximum absolute atomic E-state index is 12.8. The summed E-state index contributed by atoms with van der Waals surface area (Å²) in [5.41, 5.74) is 4.93. The second kappa shape index (κ2) is 8.81. The highest BCUT2D eigenvalue weighted by atomic mass is 35.5. The van der Waals surface area contributed by atoms with E-state index in [0.717, 1.165) is 32.4 Å². The lowest BCUT2D eigenvalue weighted by molar-refractivity contribution is -0.126. The van der Waals surface area contributed by atoms with E-state index in [1.165, 1.54) is 16.9 Å². The van der Waals surface area contributed by atoms with Crippen molar-refractivity contribution < 1.29 is 9.59 Å². The summed E-state index contributed by atoms with van der Waals surface area (Å²) in [6.07, 6.45) is 0.227. The Labute approximate surface area is 191 Å². The monoisotopic (exact) mass is 453 g/mol. The molecule has 1 saturated heterocycles. The fourth-order valence-corrected chi connectivity index (χ4v) is 5.00. The van der Waals surface area contributed by atoms with Gasteiger partial charge in [0.1, 0.15) is 5.01 Å². The molecule has 0 spiro atoms. The van der Waals surface area contributed by atoms with Gasteiger partial charge >= 0.3 is 0 Å². The van der Waals surface area contributed by atoms with Crippen LogP contribution in [0, 0.1) is 26.7 Å². The minimum Gasteiger partial charge on any atom is -0.351 e. The zero-order valence-electron chi connectivity index (χ0n) is 17.7. The number of thiazole rings is 1. The molecule has 31 heavy (non-hydrogen) atoms. The van der Waals surface area contributed by atoms with Crippen LogP contribution in [0.1, 0.15) is 28.1 Å². The molecule has 1 N–H and O–H groups in total. The summed E-state index contributed by atoms with van der Waals surface area (Å²) in [7, 11) is 0. The Hall–Kier alpha value is -2.70. The normalized spacial score (nSPS) is 16.1. The fraction of sp³-hybridized carbons (Fsp3) is 0.292. The van der Waals surface area contributed by atoms with Crippen LogP contribution in [0.2, 0.25) is 5.02 Å². The van der Waals surface area contributed by atoms with Crippen molar-refractivity contribution in [3.05, 3.63) is 69.2 Å². The Morgan fingerprint density at radius 3 is 2.71 bits per heavy atom. The molecule has 2 heterocycles. The van der Waals surface area contributed by atoms with Gasteiger partial charge in [-0.2, -0.15) is 0 Å². The molecule has 4 rings (SSSR count). The van der Waals surface area contributed by atoms with Gasteiger partial charge in [0.25, 0.3) is 0 Å². The molecule has 5 nitrogen and oxygen atoms in total. The Morgan fingerprint density at radius 1 is 1.19 bits per heavy atom. The molecule has 0 aliphatic carbocycles. The first kappa shape index (κ1) is 21.5. The van der Waals surface area contributed by atoms with Crippen LogP contribution in [0.15, 0.2) is 42.5 Å². The lowest BCUT2D eigenvalue weighted by atomic mass is 10.1. The predicted octanol–water partition coefficient (Wildman–Crippen LogP) is 5.06. The van der Waals surface area contributed by atoms with E-state index in [1.54, 1.807) is 4.90 Å². The van der Waals surface area contributed by atoms with E-state index in [1.807, 2.05) is 63.2 Å². The molecule has 2 amide bonds. The van der Waals surface area contributed by atoms with Crippen molar-refractivity contribution in [3.8, 4) is 10.6 Å². The first-order chi connectivity index (χ1) is 14.8. The highest BCUT2D eigenvalue weighted by molar-refractivity contribution is 7.15. The van der Waals surface area contributed by atoms with Crippen LogP contribution in [0.25, 0.3) is 10.6 Å². The van der Waals surface area contributed by atoms with Gasteiger partial charge in [-0.1, -0.05) is 35.9 Å². The standard InChI is InChI=1S/C24H24ClN3O2S/c1-14-8-9-18(10-15(14)2)28-13-17(11-22(28)29)23(30)26-12-21-16(3)27-24(31-21)19-6-4-5-7-20(19)25/h4-10,17H,11-13H2,1-3H3,(H,26,30). The van der Waals surface area contributed by atoms with Crippen molar-refractivity contribution in [3.63, 3.8) is 0 Å². The van der Waals surface area contributed by atoms with Crippen LogP contribution in [-0.2, 0) is 16.1 Å². The molecule has 1 unspecified atom stereocenters. The van der Waals surface area contributed by atoms with Crippen LogP contribution in [-0.4, -0.2) is 23.3 Å².